The van der Waals surface area contributed by atoms with Crippen molar-refractivity contribution in [3.05, 3.63) is 68.2 Å². The molecule has 0 saturated heterocycles. The van der Waals surface area contributed by atoms with E-state index in [1.165, 1.54) is 0 Å². The standard InChI is InChI=1S/C15H13Cl3O/c1-9-6-13(17)15(14(18)7-9)12(8-19)10-2-4-11(16)5-3-10/h2-7,12,19H,8H2,1H3. The summed E-state index contributed by atoms with van der Waals surface area (Å²) in [5.74, 6) is -0.252. The molecule has 0 fully saturated rings. The van der Waals surface area contributed by atoms with Crippen LogP contribution in [0, 0.1) is 6.92 Å². The first-order chi connectivity index (χ1) is 9.02. The molecule has 19 heavy (non-hydrogen) atoms. The van der Waals surface area contributed by atoms with Crippen LogP contribution >= 0.6 is 34.8 Å². The fourth-order valence-electron chi connectivity index (χ4n) is 2.10. The predicted molar refractivity (Wildman–Crippen MR) is 81.6 cm³/mol. The van der Waals surface area contributed by atoms with E-state index in [9.17, 15) is 5.11 Å². The summed E-state index contributed by atoms with van der Waals surface area (Å²) in [5.41, 5.74) is 2.67. The van der Waals surface area contributed by atoms with E-state index in [0.29, 0.717) is 15.1 Å². The molecule has 0 aliphatic rings. The fourth-order valence-corrected chi connectivity index (χ4v) is 3.09. The molecule has 2 aromatic rings. The van der Waals surface area contributed by atoms with Crippen LogP contribution in [0.15, 0.2) is 36.4 Å². The number of aliphatic hydroxyl groups is 1. The summed E-state index contributed by atoms with van der Waals surface area (Å²) in [6, 6.07) is 11.0. The molecule has 0 amide bonds. The van der Waals surface area contributed by atoms with Gasteiger partial charge < -0.3 is 5.11 Å². The average Bonchev–Trinajstić information content (AvgIpc) is 2.35. The van der Waals surface area contributed by atoms with E-state index < -0.39 is 0 Å². The van der Waals surface area contributed by atoms with Gasteiger partial charge in [-0.05, 0) is 47.9 Å². The van der Waals surface area contributed by atoms with E-state index in [1.54, 1.807) is 12.1 Å². The summed E-state index contributed by atoms with van der Waals surface area (Å²) in [4.78, 5) is 0. The normalized spacial score (nSPS) is 12.5. The minimum atomic E-state index is -0.252. The molecule has 1 atom stereocenters. The number of rotatable bonds is 3. The van der Waals surface area contributed by atoms with Crippen LogP contribution in [0.1, 0.15) is 22.6 Å². The maximum Gasteiger partial charge on any atom is 0.0541 e. The molecule has 2 rings (SSSR count). The Kier molecular flexibility index (Phi) is 4.75. The molecule has 0 radical (unpaired) electrons. The van der Waals surface area contributed by atoms with E-state index in [-0.39, 0.29) is 12.5 Å². The molecule has 0 saturated carbocycles. The second-order valence-corrected chi connectivity index (χ2v) is 5.68. The second kappa shape index (κ2) is 6.15. The minimum Gasteiger partial charge on any atom is -0.395 e. The lowest BCUT2D eigenvalue weighted by molar-refractivity contribution is 0.280. The van der Waals surface area contributed by atoms with Crippen molar-refractivity contribution in [3.63, 3.8) is 0 Å². The van der Waals surface area contributed by atoms with Gasteiger partial charge in [-0.3, -0.25) is 0 Å². The number of hydrogen-bond donors (Lipinski definition) is 1. The van der Waals surface area contributed by atoms with Crippen molar-refractivity contribution in [1.29, 1.82) is 0 Å². The SMILES string of the molecule is Cc1cc(Cl)c(C(CO)c2ccc(Cl)cc2)c(Cl)c1. The monoisotopic (exact) mass is 314 g/mol. The van der Waals surface area contributed by atoms with Crippen LogP contribution in [0.5, 0.6) is 0 Å². The molecule has 0 heterocycles. The lowest BCUT2D eigenvalue weighted by atomic mass is 9.91. The quantitative estimate of drug-likeness (QED) is 0.837. The van der Waals surface area contributed by atoms with Gasteiger partial charge >= 0.3 is 0 Å². The van der Waals surface area contributed by atoms with Crippen molar-refractivity contribution in [2.24, 2.45) is 0 Å². The number of benzene rings is 2. The van der Waals surface area contributed by atoms with Crippen molar-refractivity contribution >= 4 is 34.8 Å². The first-order valence-electron chi connectivity index (χ1n) is 5.84. The van der Waals surface area contributed by atoms with Gasteiger partial charge in [0.15, 0.2) is 0 Å². The maximum atomic E-state index is 9.67. The zero-order valence-electron chi connectivity index (χ0n) is 10.3. The first kappa shape index (κ1) is 14.7. The summed E-state index contributed by atoms with van der Waals surface area (Å²) >= 11 is 18.4. The van der Waals surface area contributed by atoms with Crippen molar-refractivity contribution < 1.29 is 5.11 Å². The first-order valence-corrected chi connectivity index (χ1v) is 6.98. The van der Waals surface area contributed by atoms with Gasteiger partial charge in [-0.2, -0.15) is 0 Å². The third-order valence-electron chi connectivity index (χ3n) is 3.03. The lowest BCUT2D eigenvalue weighted by Gasteiger charge is -2.19. The molecule has 0 spiro atoms. The second-order valence-electron chi connectivity index (χ2n) is 4.43. The maximum absolute atomic E-state index is 9.67. The van der Waals surface area contributed by atoms with Crippen LogP contribution in [-0.2, 0) is 0 Å². The van der Waals surface area contributed by atoms with E-state index in [2.05, 4.69) is 0 Å². The van der Waals surface area contributed by atoms with E-state index in [4.69, 9.17) is 34.8 Å². The van der Waals surface area contributed by atoms with Gasteiger partial charge in [0.05, 0.1) is 6.61 Å². The molecule has 100 valence electrons. The van der Waals surface area contributed by atoms with E-state index >= 15 is 0 Å². The number of hydrogen-bond acceptors (Lipinski definition) is 1. The van der Waals surface area contributed by atoms with Crippen molar-refractivity contribution in [2.75, 3.05) is 6.61 Å². The molecule has 1 nitrogen and oxygen atoms in total. The topological polar surface area (TPSA) is 20.2 Å². The van der Waals surface area contributed by atoms with Crippen LogP contribution in [0.2, 0.25) is 15.1 Å². The Morgan fingerprint density at radius 1 is 1.00 bits per heavy atom. The van der Waals surface area contributed by atoms with E-state index in [1.807, 2.05) is 31.2 Å². The molecular formula is C15H13Cl3O. The average molecular weight is 316 g/mol. The summed E-state index contributed by atoms with van der Waals surface area (Å²) in [7, 11) is 0. The Morgan fingerprint density at radius 3 is 2.00 bits per heavy atom. The summed E-state index contributed by atoms with van der Waals surface area (Å²) in [6.45, 7) is 1.86. The highest BCUT2D eigenvalue weighted by Crippen LogP contribution is 2.36. The molecule has 1 N–H and O–H groups in total. The molecule has 0 aliphatic carbocycles. The molecule has 0 aromatic heterocycles. The van der Waals surface area contributed by atoms with E-state index in [0.717, 1.165) is 16.7 Å². The highest BCUT2D eigenvalue weighted by molar-refractivity contribution is 6.36. The Morgan fingerprint density at radius 2 is 1.53 bits per heavy atom. The molecule has 2 aromatic carbocycles. The van der Waals surface area contributed by atoms with Gasteiger partial charge in [0, 0.05) is 21.0 Å². The largest absolute Gasteiger partial charge is 0.395 e. The van der Waals surface area contributed by atoms with Crippen LogP contribution in [0.3, 0.4) is 0 Å². The van der Waals surface area contributed by atoms with Gasteiger partial charge in [0.1, 0.15) is 0 Å². The van der Waals surface area contributed by atoms with Crippen molar-refractivity contribution in [2.45, 2.75) is 12.8 Å². The predicted octanol–water partition coefficient (Wildman–Crippen LogP) is 5.08. The Bertz CT molecular complexity index is 555. The molecule has 0 aliphatic heterocycles. The number of aryl methyl sites for hydroxylation is 1. The molecule has 1 unspecified atom stereocenters. The highest BCUT2D eigenvalue weighted by atomic mass is 35.5. The molecule has 0 bridgehead atoms. The molecular weight excluding hydrogens is 303 g/mol. The summed E-state index contributed by atoms with van der Waals surface area (Å²) in [5, 5.41) is 11.5. The Balaban J connectivity index is 2.51. The Labute approximate surface area is 127 Å². The zero-order valence-corrected chi connectivity index (χ0v) is 12.6. The van der Waals surface area contributed by atoms with Crippen molar-refractivity contribution in [1.82, 2.24) is 0 Å². The third-order valence-corrected chi connectivity index (χ3v) is 3.90. The Hall–Kier alpha value is -0.730. The van der Waals surface area contributed by atoms with Gasteiger partial charge in [-0.1, -0.05) is 46.9 Å². The van der Waals surface area contributed by atoms with Crippen LogP contribution in [-0.4, -0.2) is 11.7 Å². The zero-order chi connectivity index (χ0) is 14.0. The van der Waals surface area contributed by atoms with Gasteiger partial charge in [0.25, 0.3) is 0 Å². The van der Waals surface area contributed by atoms with Crippen LogP contribution in [0.25, 0.3) is 0 Å². The van der Waals surface area contributed by atoms with Crippen LogP contribution in [0.4, 0.5) is 0 Å². The smallest absolute Gasteiger partial charge is 0.0541 e. The van der Waals surface area contributed by atoms with Crippen molar-refractivity contribution in [3.8, 4) is 0 Å². The van der Waals surface area contributed by atoms with Gasteiger partial charge in [0.2, 0.25) is 0 Å². The third kappa shape index (κ3) is 3.24. The minimum absolute atomic E-state index is 0.0653. The highest BCUT2D eigenvalue weighted by Gasteiger charge is 2.19. The van der Waals surface area contributed by atoms with Gasteiger partial charge in [-0.25, -0.2) is 0 Å². The summed E-state index contributed by atoms with van der Waals surface area (Å²) in [6.07, 6.45) is 0. The van der Waals surface area contributed by atoms with Crippen LogP contribution < -0.4 is 0 Å². The lowest BCUT2D eigenvalue weighted by Crippen LogP contribution is -2.07. The number of halogens is 3. The summed E-state index contributed by atoms with van der Waals surface area (Å²) < 4.78 is 0. The van der Waals surface area contributed by atoms with Gasteiger partial charge in [-0.15, -0.1) is 0 Å². The fraction of sp³-hybridized carbons (Fsp3) is 0.200. The number of aliphatic hydroxyl groups excluding tert-OH is 1. The molecule has 4 heteroatoms.